The zero-order chi connectivity index (χ0) is 9.68. The van der Waals surface area contributed by atoms with Gasteiger partial charge in [0.2, 0.25) is 0 Å². The van der Waals surface area contributed by atoms with Gasteiger partial charge in [0.25, 0.3) is 0 Å². The van der Waals surface area contributed by atoms with Gasteiger partial charge in [-0.05, 0) is 28.1 Å². The molecule has 0 unspecified atom stereocenters. The highest BCUT2D eigenvalue weighted by Gasteiger charge is 2.05. The van der Waals surface area contributed by atoms with Gasteiger partial charge in [-0.3, -0.25) is 0 Å². The Balaban J connectivity index is 2.93. The Morgan fingerprint density at radius 3 is 2.92 bits per heavy atom. The highest BCUT2D eigenvalue weighted by Crippen LogP contribution is 2.25. The average molecular weight is 242 g/mol. The highest BCUT2D eigenvalue weighted by molar-refractivity contribution is 9.10. The van der Waals surface area contributed by atoms with E-state index in [1.807, 2.05) is 6.07 Å². The van der Waals surface area contributed by atoms with Gasteiger partial charge in [0.1, 0.15) is 17.4 Å². The van der Waals surface area contributed by atoms with E-state index in [9.17, 15) is 0 Å². The number of nitriles is 1. The molecule has 0 spiro atoms. The molecule has 0 radical (unpaired) electrons. The van der Waals surface area contributed by atoms with Crippen molar-refractivity contribution in [3.63, 3.8) is 0 Å². The molecule has 0 saturated carbocycles. The van der Waals surface area contributed by atoms with Gasteiger partial charge in [0.15, 0.2) is 6.79 Å². The molecule has 0 saturated heterocycles. The van der Waals surface area contributed by atoms with Gasteiger partial charge in [0.05, 0.1) is 0 Å². The van der Waals surface area contributed by atoms with E-state index in [1.165, 1.54) is 7.11 Å². The van der Waals surface area contributed by atoms with Gasteiger partial charge < -0.3 is 9.47 Å². The maximum absolute atomic E-state index is 8.80. The van der Waals surface area contributed by atoms with Crippen LogP contribution in [0.15, 0.2) is 22.7 Å². The van der Waals surface area contributed by atoms with Crippen molar-refractivity contribution in [1.82, 2.24) is 0 Å². The Bertz CT molecular complexity index is 333. The summed E-state index contributed by atoms with van der Waals surface area (Å²) >= 11 is 3.26. The molecule has 0 aliphatic rings. The molecule has 0 amide bonds. The normalized spacial score (nSPS) is 9.31. The minimum Gasteiger partial charge on any atom is -0.466 e. The molecule has 0 N–H and O–H groups in total. The number of nitrogens with zero attached hydrogens (tertiary/aromatic N) is 1. The maximum Gasteiger partial charge on any atom is 0.188 e. The van der Waals surface area contributed by atoms with Crippen LogP contribution in [-0.2, 0) is 4.74 Å². The molecule has 0 heterocycles. The first-order valence-electron chi connectivity index (χ1n) is 3.60. The maximum atomic E-state index is 8.80. The van der Waals surface area contributed by atoms with Crippen LogP contribution in [0.3, 0.4) is 0 Å². The van der Waals surface area contributed by atoms with Gasteiger partial charge >= 0.3 is 0 Å². The number of rotatable bonds is 3. The van der Waals surface area contributed by atoms with Gasteiger partial charge in [0, 0.05) is 11.6 Å². The monoisotopic (exact) mass is 241 g/mol. The summed E-state index contributed by atoms with van der Waals surface area (Å²) in [6.45, 7) is 0.144. The third-order valence-electron chi connectivity index (χ3n) is 1.42. The fourth-order valence-corrected chi connectivity index (χ4v) is 1.29. The molecule has 1 aromatic rings. The standard InChI is InChI=1S/C9H8BrNO2/c1-12-6-13-9-4-2-3-8(10)7(9)5-11/h2-4H,6H2,1H3. The van der Waals surface area contributed by atoms with Crippen LogP contribution in [0.4, 0.5) is 0 Å². The Kier molecular flexibility index (Phi) is 3.74. The lowest BCUT2D eigenvalue weighted by atomic mass is 10.2. The topological polar surface area (TPSA) is 42.2 Å². The Hall–Kier alpha value is -1.05. The summed E-state index contributed by atoms with van der Waals surface area (Å²) in [4.78, 5) is 0. The van der Waals surface area contributed by atoms with Crippen LogP contribution in [0, 0.1) is 11.3 Å². The van der Waals surface area contributed by atoms with Crippen molar-refractivity contribution in [3.05, 3.63) is 28.2 Å². The summed E-state index contributed by atoms with van der Waals surface area (Å²) in [5.41, 5.74) is 0.486. The van der Waals surface area contributed by atoms with Crippen molar-refractivity contribution in [2.75, 3.05) is 13.9 Å². The van der Waals surface area contributed by atoms with Crippen LogP contribution in [-0.4, -0.2) is 13.9 Å². The first kappa shape index (κ1) is 10.0. The van der Waals surface area contributed by atoms with E-state index in [1.54, 1.807) is 18.2 Å². The number of hydrogen-bond acceptors (Lipinski definition) is 3. The van der Waals surface area contributed by atoms with Gasteiger partial charge in [-0.25, -0.2) is 0 Å². The second-order valence-corrected chi connectivity index (χ2v) is 3.13. The van der Waals surface area contributed by atoms with Gasteiger partial charge in [-0.15, -0.1) is 0 Å². The predicted octanol–water partition coefficient (Wildman–Crippen LogP) is 2.30. The second kappa shape index (κ2) is 4.85. The molecule has 0 fully saturated rings. The van der Waals surface area contributed by atoms with Crippen molar-refractivity contribution in [3.8, 4) is 11.8 Å². The molecular formula is C9H8BrNO2. The molecule has 0 aliphatic carbocycles. The fraction of sp³-hybridized carbons (Fsp3) is 0.222. The van der Waals surface area contributed by atoms with Crippen molar-refractivity contribution in [1.29, 1.82) is 5.26 Å². The van der Waals surface area contributed by atoms with E-state index in [0.717, 1.165) is 4.47 Å². The van der Waals surface area contributed by atoms with E-state index in [0.29, 0.717) is 11.3 Å². The minimum atomic E-state index is 0.144. The molecule has 4 heteroatoms. The summed E-state index contributed by atoms with van der Waals surface area (Å²) in [6.07, 6.45) is 0. The molecular weight excluding hydrogens is 234 g/mol. The third kappa shape index (κ3) is 2.44. The average Bonchev–Trinajstić information content (AvgIpc) is 2.15. The summed E-state index contributed by atoms with van der Waals surface area (Å²) in [7, 11) is 1.53. The predicted molar refractivity (Wildman–Crippen MR) is 51.4 cm³/mol. The van der Waals surface area contributed by atoms with Crippen LogP contribution in [0.5, 0.6) is 5.75 Å². The summed E-state index contributed by atoms with van der Waals surface area (Å²) in [5, 5.41) is 8.80. The van der Waals surface area contributed by atoms with E-state index in [4.69, 9.17) is 14.7 Å². The molecule has 0 aromatic heterocycles. The molecule has 13 heavy (non-hydrogen) atoms. The molecule has 0 aliphatic heterocycles. The van der Waals surface area contributed by atoms with Crippen molar-refractivity contribution in [2.24, 2.45) is 0 Å². The zero-order valence-electron chi connectivity index (χ0n) is 7.08. The Morgan fingerprint density at radius 2 is 2.31 bits per heavy atom. The van der Waals surface area contributed by atoms with Crippen molar-refractivity contribution >= 4 is 15.9 Å². The molecule has 68 valence electrons. The van der Waals surface area contributed by atoms with Crippen LogP contribution in [0.2, 0.25) is 0 Å². The summed E-state index contributed by atoms with van der Waals surface area (Å²) in [5.74, 6) is 0.527. The summed E-state index contributed by atoms with van der Waals surface area (Å²) in [6, 6.07) is 7.36. The second-order valence-electron chi connectivity index (χ2n) is 2.28. The van der Waals surface area contributed by atoms with E-state index in [2.05, 4.69) is 15.9 Å². The van der Waals surface area contributed by atoms with Gasteiger partial charge in [-0.2, -0.15) is 5.26 Å². The number of methoxy groups -OCH3 is 1. The van der Waals surface area contributed by atoms with Crippen molar-refractivity contribution < 1.29 is 9.47 Å². The lowest BCUT2D eigenvalue weighted by Crippen LogP contribution is -2.00. The molecule has 3 nitrogen and oxygen atoms in total. The highest BCUT2D eigenvalue weighted by atomic mass is 79.9. The lowest BCUT2D eigenvalue weighted by Gasteiger charge is -2.06. The minimum absolute atomic E-state index is 0.144. The molecule has 1 aromatic carbocycles. The van der Waals surface area contributed by atoms with Gasteiger partial charge in [-0.1, -0.05) is 6.07 Å². The van der Waals surface area contributed by atoms with E-state index < -0.39 is 0 Å². The smallest absolute Gasteiger partial charge is 0.188 e. The summed E-state index contributed by atoms with van der Waals surface area (Å²) < 4.78 is 10.6. The molecule has 1 rings (SSSR count). The largest absolute Gasteiger partial charge is 0.466 e. The fourth-order valence-electron chi connectivity index (χ4n) is 0.856. The lowest BCUT2D eigenvalue weighted by molar-refractivity contribution is 0.0509. The van der Waals surface area contributed by atoms with Crippen LogP contribution >= 0.6 is 15.9 Å². The number of ether oxygens (including phenoxy) is 2. The molecule has 0 bridgehead atoms. The number of benzene rings is 1. The number of hydrogen-bond donors (Lipinski definition) is 0. The first-order valence-corrected chi connectivity index (χ1v) is 4.39. The van der Waals surface area contributed by atoms with Crippen molar-refractivity contribution in [2.45, 2.75) is 0 Å². The third-order valence-corrected chi connectivity index (χ3v) is 2.08. The van der Waals surface area contributed by atoms with E-state index in [-0.39, 0.29) is 6.79 Å². The zero-order valence-corrected chi connectivity index (χ0v) is 8.67. The molecule has 0 atom stereocenters. The SMILES string of the molecule is COCOc1cccc(Br)c1C#N. The number of halogens is 1. The van der Waals surface area contributed by atoms with Crippen LogP contribution in [0.1, 0.15) is 5.56 Å². The van der Waals surface area contributed by atoms with E-state index >= 15 is 0 Å². The Labute approximate surface area is 85.0 Å². The Morgan fingerprint density at radius 1 is 1.54 bits per heavy atom. The van der Waals surface area contributed by atoms with Crippen LogP contribution in [0.25, 0.3) is 0 Å². The first-order chi connectivity index (χ1) is 6.29. The quantitative estimate of drug-likeness (QED) is 0.763. The van der Waals surface area contributed by atoms with Crippen LogP contribution < -0.4 is 4.74 Å².